The Balaban J connectivity index is 1.99. The highest BCUT2D eigenvalue weighted by Gasteiger charge is 2.15. The van der Waals surface area contributed by atoms with Gasteiger partial charge in [-0.2, -0.15) is 0 Å². The van der Waals surface area contributed by atoms with E-state index in [1.807, 2.05) is 7.05 Å². The molecule has 1 aliphatic carbocycles. The maximum absolute atomic E-state index is 6.22. The summed E-state index contributed by atoms with van der Waals surface area (Å²) in [5.74, 6) is 0.873. The second-order valence-electron chi connectivity index (χ2n) is 4.71. The lowest BCUT2D eigenvalue weighted by Crippen LogP contribution is -2.06. The Labute approximate surface area is 112 Å². The largest absolute Gasteiger partial charge is 0.331 e. The van der Waals surface area contributed by atoms with Crippen molar-refractivity contribution in [2.45, 2.75) is 25.8 Å². The Bertz CT molecular complexity index is 574. The van der Waals surface area contributed by atoms with E-state index in [1.54, 1.807) is 0 Å². The van der Waals surface area contributed by atoms with Crippen molar-refractivity contribution in [2.75, 3.05) is 7.05 Å². The van der Waals surface area contributed by atoms with E-state index in [-0.39, 0.29) is 0 Å². The average molecular weight is 262 g/mol. The quantitative estimate of drug-likeness (QED) is 0.892. The zero-order chi connectivity index (χ0) is 12.5. The Kier molecular flexibility index (Phi) is 3.10. The van der Waals surface area contributed by atoms with Crippen molar-refractivity contribution in [1.82, 2.24) is 15.3 Å². The normalized spacial score (nSPS) is 13.9. The number of H-pyrrole nitrogens is 1. The van der Waals surface area contributed by atoms with Gasteiger partial charge < -0.3 is 10.3 Å². The molecule has 3 nitrogen and oxygen atoms in total. The predicted molar refractivity (Wildman–Crippen MR) is 73.8 cm³/mol. The maximum atomic E-state index is 6.22. The van der Waals surface area contributed by atoms with Gasteiger partial charge in [0.15, 0.2) is 0 Å². The topological polar surface area (TPSA) is 40.7 Å². The molecule has 0 atom stereocenters. The molecule has 3 rings (SSSR count). The van der Waals surface area contributed by atoms with Crippen LogP contribution in [0.15, 0.2) is 18.2 Å². The van der Waals surface area contributed by atoms with Crippen molar-refractivity contribution < 1.29 is 0 Å². The van der Waals surface area contributed by atoms with Crippen LogP contribution in [0.1, 0.15) is 23.4 Å². The number of aryl methyl sites for hydroxylation is 2. The van der Waals surface area contributed by atoms with Gasteiger partial charge in [-0.1, -0.05) is 23.7 Å². The molecule has 4 heteroatoms. The Morgan fingerprint density at radius 1 is 1.33 bits per heavy atom. The van der Waals surface area contributed by atoms with Crippen molar-refractivity contribution in [3.05, 3.63) is 40.3 Å². The van der Waals surface area contributed by atoms with Gasteiger partial charge in [-0.05, 0) is 43.5 Å². The van der Waals surface area contributed by atoms with Crippen molar-refractivity contribution in [2.24, 2.45) is 0 Å². The summed E-state index contributed by atoms with van der Waals surface area (Å²) in [4.78, 5) is 7.65. The molecule has 94 valence electrons. The number of fused-ring (bicyclic) bond motifs is 1. The number of aromatic nitrogens is 2. The third-order valence-corrected chi connectivity index (χ3v) is 3.70. The molecule has 0 saturated heterocycles. The van der Waals surface area contributed by atoms with Gasteiger partial charge in [0.25, 0.3) is 0 Å². The molecule has 1 aromatic heterocycles. The van der Waals surface area contributed by atoms with Crippen LogP contribution in [0.2, 0.25) is 5.15 Å². The molecule has 0 amide bonds. The summed E-state index contributed by atoms with van der Waals surface area (Å²) in [6.07, 6.45) is 3.64. The smallest absolute Gasteiger partial charge is 0.134 e. The lowest BCUT2D eigenvalue weighted by Gasteiger charge is -2.02. The molecule has 1 aromatic carbocycles. The maximum Gasteiger partial charge on any atom is 0.134 e. The third-order valence-electron chi connectivity index (χ3n) is 3.42. The number of benzene rings is 1. The van der Waals surface area contributed by atoms with Crippen LogP contribution in [0.5, 0.6) is 0 Å². The molecule has 0 unspecified atom stereocenters. The first-order valence-corrected chi connectivity index (χ1v) is 6.67. The van der Waals surface area contributed by atoms with E-state index >= 15 is 0 Å². The number of rotatable bonds is 3. The van der Waals surface area contributed by atoms with Crippen LogP contribution in [-0.4, -0.2) is 17.0 Å². The van der Waals surface area contributed by atoms with E-state index in [0.717, 1.165) is 17.1 Å². The third kappa shape index (κ3) is 2.04. The first-order valence-electron chi connectivity index (χ1n) is 6.29. The van der Waals surface area contributed by atoms with Gasteiger partial charge in [0.1, 0.15) is 16.7 Å². The molecule has 0 fully saturated rings. The lowest BCUT2D eigenvalue weighted by atomic mass is 10.0. The van der Waals surface area contributed by atoms with Gasteiger partial charge in [0, 0.05) is 5.56 Å². The molecule has 18 heavy (non-hydrogen) atoms. The number of imidazole rings is 1. The second-order valence-corrected chi connectivity index (χ2v) is 5.09. The second kappa shape index (κ2) is 4.75. The van der Waals surface area contributed by atoms with Gasteiger partial charge in [0.05, 0.1) is 6.54 Å². The van der Waals surface area contributed by atoms with Gasteiger partial charge in [-0.3, -0.25) is 0 Å². The minimum absolute atomic E-state index is 0.623. The molecule has 2 N–H and O–H groups in total. The van der Waals surface area contributed by atoms with E-state index in [0.29, 0.717) is 11.7 Å². The van der Waals surface area contributed by atoms with E-state index in [1.165, 1.54) is 30.4 Å². The summed E-state index contributed by atoms with van der Waals surface area (Å²) in [5, 5.41) is 3.69. The van der Waals surface area contributed by atoms with Crippen LogP contribution in [0.25, 0.3) is 11.3 Å². The van der Waals surface area contributed by atoms with Crippen molar-refractivity contribution >= 4 is 11.6 Å². The number of aromatic amines is 1. The van der Waals surface area contributed by atoms with Crippen LogP contribution >= 0.6 is 11.6 Å². The zero-order valence-electron chi connectivity index (χ0n) is 10.4. The molecule has 0 aliphatic heterocycles. The molecule has 0 bridgehead atoms. The van der Waals surface area contributed by atoms with Crippen LogP contribution in [0.3, 0.4) is 0 Å². The summed E-state index contributed by atoms with van der Waals surface area (Å²) in [6, 6.07) is 6.56. The van der Waals surface area contributed by atoms with Crippen LogP contribution in [0.4, 0.5) is 0 Å². The van der Waals surface area contributed by atoms with E-state index in [9.17, 15) is 0 Å². The summed E-state index contributed by atoms with van der Waals surface area (Å²) >= 11 is 6.22. The van der Waals surface area contributed by atoms with Crippen LogP contribution in [0, 0.1) is 0 Å². The predicted octanol–water partition coefficient (Wildman–Crippen LogP) is 2.94. The van der Waals surface area contributed by atoms with Crippen molar-refractivity contribution in [3.8, 4) is 11.3 Å². The van der Waals surface area contributed by atoms with Gasteiger partial charge >= 0.3 is 0 Å². The molecule has 1 heterocycles. The monoisotopic (exact) mass is 261 g/mol. The fraction of sp³-hybridized carbons (Fsp3) is 0.357. The summed E-state index contributed by atoms with van der Waals surface area (Å²) in [7, 11) is 1.89. The molecule has 0 saturated carbocycles. The summed E-state index contributed by atoms with van der Waals surface area (Å²) < 4.78 is 0. The Morgan fingerprint density at radius 2 is 2.17 bits per heavy atom. The number of hydrogen-bond donors (Lipinski definition) is 2. The van der Waals surface area contributed by atoms with Crippen molar-refractivity contribution in [1.29, 1.82) is 0 Å². The number of halogens is 1. The first kappa shape index (κ1) is 11.8. The molecule has 2 aromatic rings. The van der Waals surface area contributed by atoms with E-state index < -0.39 is 0 Å². The fourth-order valence-corrected chi connectivity index (χ4v) is 2.82. The molecule has 1 aliphatic rings. The fourth-order valence-electron chi connectivity index (χ4n) is 2.56. The average Bonchev–Trinajstić information content (AvgIpc) is 2.95. The molecular formula is C14H16ClN3. The van der Waals surface area contributed by atoms with Gasteiger partial charge in [-0.15, -0.1) is 0 Å². The van der Waals surface area contributed by atoms with E-state index in [2.05, 4.69) is 33.5 Å². The Hall–Kier alpha value is -1.32. The Morgan fingerprint density at radius 3 is 3.00 bits per heavy atom. The summed E-state index contributed by atoms with van der Waals surface area (Å²) in [6.45, 7) is 0.699. The lowest BCUT2D eigenvalue weighted by molar-refractivity contribution is 0.772. The molecule has 0 radical (unpaired) electrons. The zero-order valence-corrected chi connectivity index (χ0v) is 11.1. The number of nitrogens with zero attached hydrogens (tertiary/aromatic N) is 1. The van der Waals surface area contributed by atoms with Gasteiger partial charge in [0.2, 0.25) is 0 Å². The van der Waals surface area contributed by atoms with Gasteiger partial charge in [-0.25, -0.2) is 4.98 Å². The SMILES string of the molecule is CNCc1nc(-c2ccc3c(c2)CCC3)c(Cl)[nH]1. The standard InChI is InChI=1S/C14H16ClN3/c1-16-8-12-17-13(14(15)18-12)11-6-5-9-3-2-4-10(9)7-11/h5-7,16H,2-4,8H2,1H3,(H,17,18). The van der Waals surface area contributed by atoms with Crippen LogP contribution < -0.4 is 5.32 Å². The highest BCUT2D eigenvalue weighted by Crippen LogP contribution is 2.30. The number of nitrogens with one attached hydrogen (secondary N) is 2. The minimum atomic E-state index is 0.623. The highest BCUT2D eigenvalue weighted by atomic mass is 35.5. The minimum Gasteiger partial charge on any atom is -0.331 e. The van der Waals surface area contributed by atoms with Crippen molar-refractivity contribution in [3.63, 3.8) is 0 Å². The molecular weight excluding hydrogens is 246 g/mol. The highest BCUT2D eigenvalue weighted by molar-refractivity contribution is 6.31. The number of hydrogen-bond acceptors (Lipinski definition) is 2. The molecule has 0 spiro atoms. The first-order chi connectivity index (χ1) is 8.78. The summed E-state index contributed by atoms with van der Waals surface area (Å²) in [5.41, 5.74) is 4.89. The van der Waals surface area contributed by atoms with Crippen LogP contribution in [-0.2, 0) is 19.4 Å². The van der Waals surface area contributed by atoms with E-state index in [4.69, 9.17) is 11.6 Å².